The molecule has 0 saturated carbocycles. The number of para-hydroxylation sites is 1. The van der Waals surface area contributed by atoms with Crippen molar-refractivity contribution >= 4 is 22.2 Å². The summed E-state index contributed by atoms with van der Waals surface area (Å²) in [4.78, 5) is 9.26. The van der Waals surface area contributed by atoms with Crippen molar-refractivity contribution < 1.29 is 0 Å². The Morgan fingerprint density at radius 2 is 2.05 bits per heavy atom. The highest BCUT2D eigenvalue weighted by Crippen LogP contribution is 2.30. The molecule has 0 spiro atoms. The zero-order valence-electron chi connectivity index (χ0n) is 11.0. The van der Waals surface area contributed by atoms with E-state index < -0.39 is 0 Å². The predicted octanol–water partition coefficient (Wildman–Crippen LogP) is 3.39. The quantitative estimate of drug-likeness (QED) is 0.792. The molecule has 0 radical (unpaired) electrons. The van der Waals surface area contributed by atoms with Crippen molar-refractivity contribution in [2.75, 3.05) is 7.05 Å². The number of fused-ring (bicyclic) bond motifs is 1. The Morgan fingerprint density at radius 3 is 2.89 bits per heavy atom. The SMILES string of the molecule is CNCc1csc(-c2cc(C)nc3ccccc23)n1. The molecule has 3 rings (SSSR count). The van der Waals surface area contributed by atoms with E-state index in [-0.39, 0.29) is 0 Å². The van der Waals surface area contributed by atoms with Crippen molar-refractivity contribution in [2.45, 2.75) is 13.5 Å². The lowest BCUT2D eigenvalue weighted by molar-refractivity contribution is 0.798. The van der Waals surface area contributed by atoms with Gasteiger partial charge in [0.15, 0.2) is 0 Å². The summed E-state index contributed by atoms with van der Waals surface area (Å²) in [6, 6.07) is 10.3. The molecule has 96 valence electrons. The lowest BCUT2D eigenvalue weighted by Gasteiger charge is -2.05. The summed E-state index contributed by atoms with van der Waals surface area (Å²) in [6.07, 6.45) is 0. The molecule has 0 amide bonds. The molecular formula is C15H15N3S. The molecule has 1 aromatic carbocycles. The maximum atomic E-state index is 4.69. The van der Waals surface area contributed by atoms with Gasteiger partial charge in [0.05, 0.1) is 11.2 Å². The summed E-state index contributed by atoms with van der Waals surface area (Å²) >= 11 is 1.69. The van der Waals surface area contributed by atoms with Gasteiger partial charge in [0.2, 0.25) is 0 Å². The Balaban J connectivity index is 2.17. The van der Waals surface area contributed by atoms with Crippen LogP contribution in [0.2, 0.25) is 0 Å². The standard InChI is InChI=1S/C15H15N3S/c1-10-7-13(12-5-3-4-6-14(12)17-10)15-18-11(8-16-2)9-19-15/h3-7,9,16H,8H2,1-2H3. The maximum Gasteiger partial charge on any atom is 0.124 e. The average molecular weight is 269 g/mol. The fraction of sp³-hybridized carbons (Fsp3) is 0.200. The first-order valence-corrected chi connectivity index (χ1v) is 7.11. The van der Waals surface area contributed by atoms with Crippen molar-refractivity contribution in [3.8, 4) is 10.6 Å². The number of aryl methyl sites for hydroxylation is 1. The second kappa shape index (κ2) is 5.07. The van der Waals surface area contributed by atoms with Crippen LogP contribution in [0.25, 0.3) is 21.5 Å². The summed E-state index contributed by atoms with van der Waals surface area (Å²) in [5.41, 5.74) is 4.32. The van der Waals surface area contributed by atoms with Gasteiger partial charge in [-0.3, -0.25) is 4.98 Å². The number of hydrogen-bond acceptors (Lipinski definition) is 4. The van der Waals surface area contributed by atoms with Crippen molar-refractivity contribution in [1.29, 1.82) is 0 Å². The molecule has 4 heteroatoms. The maximum absolute atomic E-state index is 4.69. The molecule has 0 aliphatic heterocycles. The largest absolute Gasteiger partial charge is 0.314 e. The number of thiazole rings is 1. The van der Waals surface area contributed by atoms with Crippen LogP contribution in [0.4, 0.5) is 0 Å². The second-order valence-electron chi connectivity index (χ2n) is 4.50. The van der Waals surface area contributed by atoms with Crippen molar-refractivity contribution in [3.05, 3.63) is 47.1 Å². The summed E-state index contributed by atoms with van der Waals surface area (Å²) in [7, 11) is 1.94. The van der Waals surface area contributed by atoms with Crippen molar-refractivity contribution in [3.63, 3.8) is 0 Å². The fourth-order valence-corrected chi connectivity index (χ4v) is 3.03. The van der Waals surface area contributed by atoms with Crippen LogP contribution >= 0.6 is 11.3 Å². The highest BCUT2D eigenvalue weighted by Gasteiger charge is 2.09. The number of rotatable bonds is 3. The Kier molecular flexibility index (Phi) is 3.27. The highest BCUT2D eigenvalue weighted by atomic mass is 32.1. The topological polar surface area (TPSA) is 37.8 Å². The molecule has 3 nitrogen and oxygen atoms in total. The molecule has 0 aliphatic carbocycles. The minimum Gasteiger partial charge on any atom is -0.314 e. The Labute approximate surface area is 116 Å². The first-order chi connectivity index (χ1) is 9.28. The third-order valence-electron chi connectivity index (χ3n) is 2.98. The summed E-state index contributed by atoms with van der Waals surface area (Å²) in [5.74, 6) is 0. The number of benzene rings is 1. The minimum absolute atomic E-state index is 0.804. The molecule has 0 unspecified atom stereocenters. The van der Waals surface area contributed by atoms with Crippen LogP contribution in [0.15, 0.2) is 35.7 Å². The lowest BCUT2D eigenvalue weighted by Crippen LogP contribution is -2.04. The zero-order valence-corrected chi connectivity index (χ0v) is 11.8. The van der Waals surface area contributed by atoms with E-state index in [2.05, 4.69) is 32.8 Å². The average Bonchev–Trinajstić information content (AvgIpc) is 2.86. The normalized spacial score (nSPS) is 11.1. The molecule has 0 saturated heterocycles. The van der Waals surface area contributed by atoms with Crippen LogP contribution in [0, 0.1) is 6.92 Å². The number of aromatic nitrogens is 2. The zero-order chi connectivity index (χ0) is 13.2. The molecule has 0 bridgehead atoms. The van der Waals surface area contributed by atoms with Crippen LogP contribution in [0.3, 0.4) is 0 Å². The summed E-state index contributed by atoms with van der Waals surface area (Å²) < 4.78 is 0. The molecule has 1 N–H and O–H groups in total. The number of pyridine rings is 1. The van der Waals surface area contributed by atoms with E-state index in [9.17, 15) is 0 Å². The van der Waals surface area contributed by atoms with Gasteiger partial charge in [-0.2, -0.15) is 0 Å². The van der Waals surface area contributed by atoms with Gasteiger partial charge in [0, 0.05) is 28.6 Å². The molecule has 19 heavy (non-hydrogen) atoms. The smallest absolute Gasteiger partial charge is 0.124 e. The van der Waals surface area contributed by atoms with Gasteiger partial charge in [0.25, 0.3) is 0 Å². The van der Waals surface area contributed by atoms with Crippen LogP contribution in [-0.4, -0.2) is 17.0 Å². The van der Waals surface area contributed by atoms with Crippen LogP contribution in [0.5, 0.6) is 0 Å². The first kappa shape index (κ1) is 12.3. The lowest BCUT2D eigenvalue weighted by atomic mass is 10.1. The van der Waals surface area contributed by atoms with Gasteiger partial charge in [-0.05, 0) is 26.1 Å². The summed E-state index contributed by atoms with van der Waals surface area (Å²) in [6.45, 7) is 2.83. The molecule has 2 heterocycles. The van der Waals surface area contributed by atoms with E-state index in [1.807, 2.05) is 32.2 Å². The molecule has 2 aromatic heterocycles. The first-order valence-electron chi connectivity index (χ1n) is 6.23. The Morgan fingerprint density at radius 1 is 1.21 bits per heavy atom. The van der Waals surface area contributed by atoms with E-state index in [0.717, 1.165) is 28.5 Å². The van der Waals surface area contributed by atoms with Gasteiger partial charge in [0.1, 0.15) is 5.01 Å². The third-order valence-corrected chi connectivity index (χ3v) is 3.91. The highest BCUT2D eigenvalue weighted by molar-refractivity contribution is 7.13. The summed E-state index contributed by atoms with van der Waals surface area (Å²) in [5, 5.41) is 7.46. The van der Waals surface area contributed by atoms with Crippen molar-refractivity contribution in [1.82, 2.24) is 15.3 Å². The Hall–Kier alpha value is -1.78. The third kappa shape index (κ3) is 2.37. The molecule has 0 atom stereocenters. The van der Waals surface area contributed by atoms with Gasteiger partial charge in [-0.1, -0.05) is 18.2 Å². The number of nitrogens with one attached hydrogen (secondary N) is 1. The molecule has 0 aliphatic rings. The Bertz CT molecular complexity index is 718. The number of hydrogen-bond donors (Lipinski definition) is 1. The molecular weight excluding hydrogens is 254 g/mol. The van der Waals surface area contributed by atoms with E-state index in [1.165, 1.54) is 10.9 Å². The molecule has 3 aromatic rings. The van der Waals surface area contributed by atoms with E-state index in [4.69, 9.17) is 0 Å². The van der Waals surface area contributed by atoms with E-state index in [1.54, 1.807) is 11.3 Å². The van der Waals surface area contributed by atoms with Crippen LogP contribution < -0.4 is 5.32 Å². The second-order valence-corrected chi connectivity index (χ2v) is 5.36. The van der Waals surface area contributed by atoms with Gasteiger partial charge >= 0.3 is 0 Å². The van der Waals surface area contributed by atoms with Crippen LogP contribution in [0.1, 0.15) is 11.4 Å². The fourth-order valence-electron chi connectivity index (χ4n) is 2.18. The van der Waals surface area contributed by atoms with Crippen molar-refractivity contribution in [2.24, 2.45) is 0 Å². The van der Waals surface area contributed by atoms with Gasteiger partial charge in [-0.25, -0.2) is 4.98 Å². The van der Waals surface area contributed by atoms with Gasteiger partial charge < -0.3 is 5.32 Å². The predicted molar refractivity (Wildman–Crippen MR) is 80.4 cm³/mol. The van der Waals surface area contributed by atoms with Gasteiger partial charge in [-0.15, -0.1) is 11.3 Å². The van der Waals surface area contributed by atoms with E-state index in [0.29, 0.717) is 0 Å². The number of nitrogens with zero attached hydrogens (tertiary/aromatic N) is 2. The molecule has 0 fully saturated rings. The van der Waals surface area contributed by atoms with Crippen LogP contribution in [-0.2, 0) is 6.54 Å². The monoisotopic (exact) mass is 269 g/mol. The van der Waals surface area contributed by atoms with E-state index >= 15 is 0 Å². The minimum atomic E-state index is 0.804.